The Morgan fingerprint density at radius 3 is 2.94 bits per heavy atom. The maximum atomic E-state index is 13.7. The molecule has 100 valence electrons. The zero-order valence-electron chi connectivity index (χ0n) is 11.0. The third-order valence-electron chi connectivity index (χ3n) is 3.56. The topological polar surface area (TPSA) is 35.5 Å². The van der Waals surface area contributed by atoms with Crippen molar-refractivity contribution >= 4 is 0 Å². The van der Waals surface area contributed by atoms with E-state index >= 15 is 0 Å². The summed E-state index contributed by atoms with van der Waals surface area (Å²) < 4.78 is 13.7. The molecule has 2 unspecified atom stereocenters. The Bertz CT molecular complexity index is 411. The van der Waals surface area contributed by atoms with Crippen LogP contribution in [-0.2, 0) is 0 Å². The van der Waals surface area contributed by atoms with Crippen molar-refractivity contribution in [2.24, 2.45) is 0 Å². The summed E-state index contributed by atoms with van der Waals surface area (Å²) >= 11 is 0. The molecule has 0 radical (unpaired) electrons. The second kappa shape index (κ2) is 5.67. The van der Waals surface area contributed by atoms with Crippen LogP contribution in [0.15, 0.2) is 18.2 Å². The maximum absolute atomic E-state index is 13.7. The summed E-state index contributed by atoms with van der Waals surface area (Å²) in [5, 5.41) is 12.7. The molecule has 18 heavy (non-hydrogen) atoms. The van der Waals surface area contributed by atoms with Gasteiger partial charge in [-0.15, -0.1) is 0 Å². The van der Waals surface area contributed by atoms with E-state index in [2.05, 4.69) is 17.3 Å². The Balaban J connectivity index is 2.00. The van der Waals surface area contributed by atoms with Gasteiger partial charge in [0.15, 0.2) is 0 Å². The summed E-state index contributed by atoms with van der Waals surface area (Å²) in [7, 11) is 2.11. The molecule has 1 aromatic carbocycles. The van der Waals surface area contributed by atoms with Crippen LogP contribution in [-0.4, -0.2) is 36.2 Å². The van der Waals surface area contributed by atoms with Crippen molar-refractivity contribution in [3.05, 3.63) is 29.6 Å². The summed E-state index contributed by atoms with van der Waals surface area (Å²) in [5.41, 5.74) is 0.612. The second-order valence-corrected chi connectivity index (χ2v) is 5.20. The average molecular weight is 252 g/mol. The number of aromatic hydroxyl groups is 1. The zero-order chi connectivity index (χ0) is 13.1. The molecular formula is C14H21FN2O. The summed E-state index contributed by atoms with van der Waals surface area (Å²) in [6.45, 7) is 4.11. The molecule has 0 saturated carbocycles. The minimum absolute atomic E-state index is 0.0270. The predicted molar refractivity (Wildman–Crippen MR) is 70.1 cm³/mol. The van der Waals surface area contributed by atoms with Crippen molar-refractivity contribution < 1.29 is 9.50 Å². The van der Waals surface area contributed by atoms with Crippen LogP contribution in [0.2, 0.25) is 0 Å². The van der Waals surface area contributed by atoms with E-state index in [4.69, 9.17) is 0 Å². The number of hydrogen-bond donors (Lipinski definition) is 2. The first-order valence-electron chi connectivity index (χ1n) is 6.49. The molecule has 0 spiro atoms. The van der Waals surface area contributed by atoms with Gasteiger partial charge < -0.3 is 15.3 Å². The minimum atomic E-state index is -0.348. The number of benzene rings is 1. The van der Waals surface area contributed by atoms with Crippen LogP contribution in [0.4, 0.5) is 4.39 Å². The van der Waals surface area contributed by atoms with Crippen LogP contribution in [0.1, 0.15) is 31.4 Å². The molecule has 1 aliphatic rings. The van der Waals surface area contributed by atoms with Gasteiger partial charge in [-0.05, 0) is 39.4 Å². The van der Waals surface area contributed by atoms with Gasteiger partial charge in [-0.1, -0.05) is 6.07 Å². The fraction of sp³-hybridized carbons (Fsp3) is 0.571. The molecule has 4 heteroatoms. The quantitative estimate of drug-likeness (QED) is 0.866. The van der Waals surface area contributed by atoms with E-state index < -0.39 is 0 Å². The summed E-state index contributed by atoms with van der Waals surface area (Å²) in [6.07, 6.45) is 2.31. The number of nitrogens with zero attached hydrogens (tertiary/aromatic N) is 1. The Kier molecular flexibility index (Phi) is 4.19. The largest absolute Gasteiger partial charge is 0.508 e. The molecule has 2 atom stereocenters. The van der Waals surface area contributed by atoms with Crippen molar-refractivity contribution in [2.75, 3.05) is 20.1 Å². The number of phenols is 1. The van der Waals surface area contributed by atoms with Crippen molar-refractivity contribution in [3.8, 4) is 5.75 Å². The van der Waals surface area contributed by atoms with Gasteiger partial charge >= 0.3 is 0 Å². The lowest BCUT2D eigenvalue weighted by atomic mass is 10.0. The minimum Gasteiger partial charge on any atom is -0.508 e. The molecule has 0 aromatic heterocycles. The molecule has 1 saturated heterocycles. The third-order valence-corrected chi connectivity index (χ3v) is 3.56. The molecule has 2 N–H and O–H groups in total. The van der Waals surface area contributed by atoms with Crippen molar-refractivity contribution in [3.63, 3.8) is 0 Å². The Hall–Kier alpha value is -1.13. The fourth-order valence-electron chi connectivity index (χ4n) is 2.61. The van der Waals surface area contributed by atoms with E-state index in [1.54, 1.807) is 6.07 Å². The van der Waals surface area contributed by atoms with Crippen LogP contribution in [0, 0.1) is 5.82 Å². The van der Waals surface area contributed by atoms with E-state index in [9.17, 15) is 9.50 Å². The highest BCUT2D eigenvalue weighted by Crippen LogP contribution is 2.22. The number of phenolic OH excluding ortho intramolecular Hbond substituents is 1. The normalized spacial score (nSPS) is 22.9. The van der Waals surface area contributed by atoms with Crippen LogP contribution in [0.5, 0.6) is 5.75 Å². The number of likely N-dealkylation sites (N-methyl/N-ethyl adjacent to an activating group) is 1. The van der Waals surface area contributed by atoms with E-state index in [0.29, 0.717) is 11.6 Å². The SMILES string of the molecule is CC(NC1CCCN(C)C1)c1ccc(O)cc1F. The molecule has 1 fully saturated rings. The molecule has 1 heterocycles. The lowest BCUT2D eigenvalue weighted by Gasteiger charge is -2.32. The van der Waals surface area contributed by atoms with Crippen molar-refractivity contribution in [1.82, 2.24) is 10.2 Å². The molecule has 3 nitrogen and oxygen atoms in total. The van der Waals surface area contributed by atoms with Gasteiger partial charge in [0.2, 0.25) is 0 Å². The van der Waals surface area contributed by atoms with Crippen molar-refractivity contribution in [2.45, 2.75) is 31.8 Å². The standard InChI is InChI=1S/C14H21FN2O/c1-10(13-6-5-12(18)8-14(13)15)16-11-4-3-7-17(2)9-11/h5-6,8,10-11,16,18H,3-4,7,9H2,1-2H3. The first kappa shape index (κ1) is 13.3. The van der Waals surface area contributed by atoms with Gasteiger partial charge in [0.1, 0.15) is 11.6 Å². The van der Waals surface area contributed by atoms with Crippen LogP contribution in [0.3, 0.4) is 0 Å². The summed E-state index contributed by atoms with van der Waals surface area (Å²) in [5.74, 6) is -0.375. The summed E-state index contributed by atoms with van der Waals surface area (Å²) in [4.78, 5) is 2.29. The van der Waals surface area contributed by atoms with Crippen LogP contribution < -0.4 is 5.32 Å². The predicted octanol–water partition coefficient (Wildman–Crippen LogP) is 2.28. The first-order chi connectivity index (χ1) is 8.56. The van der Waals surface area contributed by atoms with Gasteiger partial charge in [-0.25, -0.2) is 4.39 Å². The molecule has 0 aliphatic carbocycles. The molecule has 0 amide bonds. The van der Waals surface area contributed by atoms with E-state index in [-0.39, 0.29) is 17.6 Å². The lowest BCUT2D eigenvalue weighted by Crippen LogP contribution is -2.44. The van der Waals surface area contributed by atoms with E-state index in [0.717, 1.165) is 19.5 Å². The number of rotatable bonds is 3. The van der Waals surface area contributed by atoms with Gasteiger partial charge in [0, 0.05) is 30.3 Å². The summed E-state index contributed by atoms with van der Waals surface area (Å²) in [6, 6.07) is 4.72. The molecular weight excluding hydrogens is 231 g/mol. The van der Waals surface area contributed by atoms with Gasteiger partial charge in [0.25, 0.3) is 0 Å². The number of nitrogens with one attached hydrogen (secondary N) is 1. The van der Waals surface area contributed by atoms with Gasteiger partial charge in [-0.2, -0.15) is 0 Å². The van der Waals surface area contributed by atoms with Crippen molar-refractivity contribution in [1.29, 1.82) is 0 Å². The number of halogens is 1. The monoisotopic (exact) mass is 252 g/mol. The zero-order valence-corrected chi connectivity index (χ0v) is 11.0. The Morgan fingerprint density at radius 2 is 2.28 bits per heavy atom. The van der Waals surface area contributed by atoms with E-state index in [1.807, 2.05) is 6.92 Å². The molecule has 1 aromatic rings. The highest BCUT2D eigenvalue weighted by Gasteiger charge is 2.20. The van der Waals surface area contributed by atoms with Gasteiger partial charge in [0.05, 0.1) is 0 Å². The lowest BCUT2D eigenvalue weighted by molar-refractivity contribution is 0.218. The second-order valence-electron chi connectivity index (χ2n) is 5.20. The molecule has 2 rings (SSSR count). The van der Waals surface area contributed by atoms with Crippen LogP contribution >= 0.6 is 0 Å². The third kappa shape index (κ3) is 3.21. The van der Waals surface area contributed by atoms with E-state index in [1.165, 1.54) is 18.6 Å². The highest BCUT2D eigenvalue weighted by atomic mass is 19.1. The molecule has 0 bridgehead atoms. The smallest absolute Gasteiger partial charge is 0.131 e. The first-order valence-corrected chi connectivity index (χ1v) is 6.49. The molecule has 1 aliphatic heterocycles. The Morgan fingerprint density at radius 1 is 1.50 bits per heavy atom. The number of likely N-dealkylation sites (tertiary alicyclic amines) is 1. The Labute approximate surface area is 108 Å². The fourth-order valence-corrected chi connectivity index (χ4v) is 2.61. The highest BCUT2D eigenvalue weighted by molar-refractivity contribution is 5.29. The van der Waals surface area contributed by atoms with Crippen LogP contribution in [0.25, 0.3) is 0 Å². The average Bonchev–Trinajstić information content (AvgIpc) is 2.28. The number of hydrogen-bond acceptors (Lipinski definition) is 3. The van der Waals surface area contributed by atoms with Gasteiger partial charge in [-0.3, -0.25) is 0 Å². The maximum Gasteiger partial charge on any atom is 0.131 e. The number of piperidine rings is 1.